The van der Waals surface area contributed by atoms with Crippen LogP contribution in [0.5, 0.6) is 0 Å². The molecule has 0 N–H and O–H groups in total. The van der Waals surface area contributed by atoms with Crippen molar-refractivity contribution in [2.45, 2.75) is 30.7 Å². The molecule has 2 aliphatic rings. The molecule has 3 heteroatoms. The number of hydrogen-bond donors (Lipinski definition) is 0. The van der Waals surface area contributed by atoms with Crippen molar-refractivity contribution in [1.29, 1.82) is 0 Å². The maximum atomic E-state index is 13.3. The summed E-state index contributed by atoms with van der Waals surface area (Å²) in [5.74, 6) is 0.211. The van der Waals surface area contributed by atoms with Crippen LogP contribution in [0.1, 0.15) is 40.2 Å². The molecule has 1 heterocycles. The van der Waals surface area contributed by atoms with E-state index < -0.39 is 5.54 Å². The van der Waals surface area contributed by atoms with E-state index in [-0.39, 0.29) is 11.7 Å². The Balaban J connectivity index is 1.82. The minimum atomic E-state index is -0.700. The lowest BCUT2D eigenvalue weighted by molar-refractivity contribution is 0.0870. The van der Waals surface area contributed by atoms with Crippen LogP contribution in [0.2, 0.25) is 0 Å². The van der Waals surface area contributed by atoms with Gasteiger partial charge in [-0.2, -0.15) is 10.2 Å². The lowest BCUT2D eigenvalue weighted by Gasteiger charge is -2.29. The average Bonchev–Trinajstić information content (AvgIpc) is 2.94. The maximum absolute atomic E-state index is 13.3. The molecular formula is C19H18N2O. The smallest absolute Gasteiger partial charge is 0.193 e. The number of nitrogens with zero attached hydrogens (tertiary/aromatic N) is 2. The highest BCUT2D eigenvalue weighted by Gasteiger charge is 2.50. The molecule has 3 nitrogen and oxygen atoms in total. The number of carbonyl (C=O) groups excluding carboxylic acids is 1. The maximum Gasteiger partial charge on any atom is 0.193 e. The second-order valence-corrected chi connectivity index (χ2v) is 6.15. The first-order chi connectivity index (χ1) is 10.8. The highest BCUT2D eigenvalue weighted by molar-refractivity contribution is 6.05. The fourth-order valence-corrected chi connectivity index (χ4v) is 3.82. The van der Waals surface area contributed by atoms with Crippen molar-refractivity contribution in [3.63, 3.8) is 0 Å². The molecular weight excluding hydrogens is 272 g/mol. The molecule has 1 aliphatic carbocycles. The topological polar surface area (TPSA) is 41.8 Å². The molecule has 0 radical (unpaired) electrons. The molecule has 2 unspecified atom stereocenters. The van der Waals surface area contributed by atoms with Crippen molar-refractivity contribution in [2.24, 2.45) is 10.2 Å². The van der Waals surface area contributed by atoms with E-state index in [1.165, 1.54) is 5.56 Å². The Kier molecular flexibility index (Phi) is 3.14. The fraction of sp³-hybridized carbons (Fsp3) is 0.316. The van der Waals surface area contributed by atoms with E-state index in [1.54, 1.807) is 0 Å². The first kappa shape index (κ1) is 13.4. The Morgan fingerprint density at radius 2 is 1.77 bits per heavy atom. The minimum absolute atomic E-state index is 0.0624. The van der Waals surface area contributed by atoms with Gasteiger partial charge in [-0.05, 0) is 30.4 Å². The second-order valence-electron chi connectivity index (χ2n) is 6.15. The fourth-order valence-electron chi connectivity index (χ4n) is 3.82. The Labute approximate surface area is 130 Å². The number of aryl methyl sites for hydroxylation is 1. The molecule has 0 saturated carbocycles. The van der Waals surface area contributed by atoms with Gasteiger partial charge in [0.2, 0.25) is 0 Å². The number of rotatable bonds is 1. The minimum Gasteiger partial charge on any atom is -0.291 e. The van der Waals surface area contributed by atoms with Gasteiger partial charge in [0, 0.05) is 11.5 Å². The normalized spacial score (nSPS) is 26.9. The first-order valence-electron chi connectivity index (χ1n) is 7.87. The van der Waals surface area contributed by atoms with Gasteiger partial charge in [-0.3, -0.25) is 4.79 Å². The summed E-state index contributed by atoms with van der Waals surface area (Å²) in [5, 5.41) is 8.79. The van der Waals surface area contributed by atoms with Gasteiger partial charge >= 0.3 is 0 Å². The van der Waals surface area contributed by atoms with Gasteiger partial charge in [0.25, 0.3) is 0 Å². The Hall–Kier alpha value is -2.29. The van der Waals surface area contributed by atoms with Crippen LogP contribution in [-0.4, -0.2) is 17.9 Å². The molecule has 1 spiro atoms. The number of benzene rings is 2. The van der Waals surface area contributed by atoms with Gasteiger partial charge in [0.1, 0.15) is 0 Å². The highest BCUT2D eigenvalue weighted by Crippen LogP contribution is 2.44. The Morgan fingerprint density at radius 3 is 2.64 bits per heavy atom. The van der Waals surface area contributed by atoms with Crippen molar-refractivity contribution in [2.75, 3.05) is 6.54 Å². The van der Waals surface area contributed by atoms with Crippen molar-refractivity contribution in [1.82, 2.24) is 0 Å². The average molecular weight is 290 g/mol. The number of Topliss-reactive ketones (excluding diaryl/α,β-unsaturated/α-hetero) is 1. The van der Waals surface area contributed by atoms with E-state index in [4.69, 9.17) is 0 Å². The summed E-state index contributed by atoms with van der Waals surface area (Å²) in [7, 11) is 0. The van der Waals surface area contributed by atoms with Crippen molar-refractivity contribution in [3.05, 3.63) is 71.3 Å². The third-order valence-electron chi connectivity index (χ3n) is 4.95. The summed E-state index contributed by atoms with van der Waals surface area (Å²) in [5.41, 5.74) is 2.45. The molecule has 110 valence electrons. The molecule has 22 heavy (non-hydrogen) atoms. The van der Waals surface area contributed by atoms with Crippen molar-refractivity contribution >= 4 is 5.78 Å². The summed E-state index contributed by atoms with van der Waals surface area (Å²) in [4.78, 5) is 13.3. The molecule has 2 atom stereocenters. The zero-order valence-electron chi connectivity index (χ0n) is 12.4. The van der Waals surface area contributed by atoms with Crippen molar-refractivity contribution < 1.29 is 4.79 Å². The van der Waals surface area contributed by atoms with Gasteiger partial charge in [0.05, 0.1) is 6.54 Å². The van der Waals surface area contributed by atoms with Crippen LogP contribution in [0.3, 0.4) is 0 Å². The zero-order chi connectivity index (χ0) is 15.0. The van der Waals surface area contributed by atoms with E-state index in [1.807, 2.05) is 36.4 Å². The van der Waals surface area contributed by atoms with Gasteiger partial charge < -0.3 is 0 Å². The zero-order valence-corrected chi connectivity index (χ0v) is 12.4. The van der Waals surface area contributed by atoms with E-state index in [2.05, 4.69) is 28.4 Å². The van der Waals surface area contributed by atoms with Crippen LogP contribution in [0.25, 0.3) is 0 Å². The van der Waals surface area contributed by atoms with Gasteiger partial charge in [-0.1, -0.05) is 54.6 Å². The molecule has 0 amide bonds. The summed E-state index contributed by atoms with van der Waals surface area (Å²) >= 11 is 0. The highest BCUT2D eigenvalue weighted by atomic mass is 16.1. The van der Waals surface area contributed by atoms with E-state index in [0.29, 0.717) is 6.54 Å². The van der Waals surface area contributed by atoms with E-state index in [0.717, 1.165) is 30.4 Å². The number of fused-ring (bicyclic) bond motifs is 1. The largest absolute Gasteiger partial charge is 0.291 e. The molecule has 2 aromatic carbocycles. The molecule has 0 fully saturated rings. The molecule has 0 aromatic heterocycles. The monoisotopic (exact) mass is 290 g/mol. The molecule has 0 bridgehead atoms. The quantitative estimate of drug-likeness (QED) is 0.776. The first-order valence-corrected chi connectivity index (χ1v) is 7.87. The molecule has 4 rings (SSSR count). The lowest BCUT2D eigenvalue weighted by atomic mass is 9.74. The standard InChI is InChI=1S/C19H18N2O/c22-18-16-11-5-4-7-14(16)10-6-12-19(18)17(13-20-21-19)15-8-2-1-3-9-15/h1-5,7-9,11,17H,6,10,12-13H2. The van der Waals surface area contributed by atoms with Crippen LogP contribution in [0, 0.1) is 0 Å². The number of ketones is 1. The Morgan fingerprint density at radius 1 is 1.00 bits per heavy atom. The molecule has 0 saturated heterocycles. The molecule has 2 aromatic rings. The molecule has 1 aliphatic heterocycles. The van der Waals surface area contributed by atoms with Gasteiger partial charge in [-0.15, -0.1) is 0 Å². The SMILES string of the molecule is O=C1c2ccccc2CCCC12N=NCC2c1ccccc1. The van der Waals surface area contributed by atoms with Crippen LogP contribution < -0.4 is 0 Å². The Bertz CT molecular complexity index is 738. The van der Waals surface area contributed by atoms with Crippen LogP contribution in [-0.2, 0) is 6.42 Å². The third kappa shape index (κ3) is 1.92. The predicted octanol–water partition coefficient (Wildman–Crippen LogP) is 4.19. The summed E-state index contributed by atoms with van der Waals surface area (Å²) in [6.07, 6.45) is 2.70. The second kappa shape index (κ2) is 5.16. The summed E-state index contributed by atoms with van der Waals surface area (Å²) < 4.78 is 0. The predicted molar refractivity (Wildman–Crippen MR) is 85.3 cm³/mol. The summed E-state index contributed by atoms with van der Waals surface area (Å²) in [6, 6.07) is 18.2. The van der Waals surface area contributed by atoms with Crippen molar-refractivity contribution in [3.8, 4) is 0 Å². The number of carbonyl (C=O) groups is 1. The van der Waals surface area contributed by atoms with Gasteiger partial charge in [-0.25, -0.2) is 0 Å². The van der Waals surface area contributed by atoms with Gasteiger partial charge in [0.15, 0.2) is 11.3 Å². The van der Waals surface area contributed by atoms with Crippen LogP contribution >= 0.6 is 0 Å². The van der Waals surface area contributed by atoms with Crippen LogP contribution in [0.4, 0.5) is 0 Å². The summed E-state index contributed by atoms with van der Waals surface area (Å²) in [6.45, 7) is 0.609. The number of azo groups is 1. The van der Waals surface area contributed by atoms with Crippen LogP contribution in [0.15, 0.2) is 64.8 Å². The van der Waals surface area contributed by atoms with E-state index in [9.17, 15) is 4.79 Å². The third-order valence-corrected chi connectivity index (χ3v) is 4.95. The lowest BCUT2D eigenvalue weighted by Crippen LogP contribution is -2.40. The number of hydrogen-bond acceptors (Lipinski definition) is 3. The van der Waals surface area contributed by atoms with E-state index >= 15 is 0 Å².